The van der Waals surface area contributed by atoms with E-state index < -0.39 is 0 Å². The number of aliphatic hydroxyl groups is 1. The molecule has 1 atom stereocenters. The van der Waals surface area contributed by atoms with Gasteiger partial charge in [-0.15, -0.1) is 0 Å². The number of benzene rings is 1. The molecule has 0 saturated carbocycles. The molecule has 0 spiro atoms. The number of nitrogens with one attached hydrogen (secondary N) is 2. The average molecular weight is 370 g/mol. The number of aryl methyl sites for hydroxylation is 1. The SMILES string of the molecule is Cc1cccc(Cl)c1Nc1cc(-c2cccnc2)nc(N[C@@H](C)CO)n1. The van der Waals surface area contributed by atoms with Crippen LogP contribution in [0.5, 0.6) is 0 Å². The monoisotopic (exact) mass is 369 g/mol. The van der Waals surface area contributed by atoms with Crippen molar-refractivity contribution in [3.8, 4) is 11.3 Å². The lowest BCUT2D eigenvalue weighted by Crippen LogP contribution is -2.21. The lowest BCUT2D eigenvalue weighted by molar-refractivity contribution is 0.281. The molecule has 0 unspecified atom stereocenters. The van der Waals surface area contributed by atoms with Crippen LogP contribution >= 0.6 is 11.6 Å². The summed E-state index contributed by atoms with van der Waals surface area (Å²) < 4.78 is 0. The van der Waals surface area contributed by atoms with Crippen LogP contribution < -0.4 is 10.6 Å². The van der Waals surface area contributed by atoms with E-state index in [1.165, 1.54) is 0 Å². The first kappa shape index (κ1) is 18.1. The van der Waals surface area contributed by atoms with Gasteiger partial charge in [-0.25, -0.2) is 4.98 Å². The second kappa shape index (κ2) is 8.12. The molecule has 3 N–H and O–H groups in total. The van der Waals surface area contributed by atoms with Gasteiger partial charge in [0, 0.05) is 30.1 Å². The van der Waals surface area contributed by atoms with Gasteiger partial charge in [0.15, 0.2) is 0 Å². The third-order valence-electron chi connectivity index (χ3n) is 3.81. The standard InChI is InChI=1S/C19H20ClN5O/c1-12-5-3-7-15(20)18(12)24-17-9-16(14-6-4-8-21-10-14)23-19(25-17)22-13(2)11-26/h3-10,13,26H,11H2,1-2H3,(H2,22,23,24,25)/t13-/m0/s1. The highest BCUT2D eigenvalue weighted by Crippen LogP contribution is 2.30. The molecular weight excluding hydrogens is 350 g/mol. The first-order chi connectivity index (χ1) is 12.6. The lowest BCUT2D eigenvalue weighted by atomic mass is 10.2. The summed E-state index contributed by atoms with van der Waals surface area (Å²) in [5.74, 6) is 1.02. The summed E-state index contributed by atoms with van der Waals surface area (Å²) >= 11 is 6.32. The maximum absolute atomic E-state index is 9.30. The number of pyridine rings is 1. The maximum atomic E-state index is 9.30. The zero-order chi connectivity index (χ0) is 18.5. The molecule has 2 heterocycles. The zero-order valence-corrected chi connectivity index (χ0v) is 15.3. The normalized spacial score (nSPS) is 11.8. The van der Waals surface area contributed by atoms with Crippen LogP contribution in [-0.2, 0) is 0 Å². The Balaban J connectivity index is 2.02. The molecule has 0 aliphatic heterocycles. The van der Waals surface area contributed by atoms with Crippen molar-refractivity contribution in [3.63, 3.8) is 0 Å². The molecule has 6 nitrogen and oxygen atoms in total. The van der Waals surface area contributed by atoms with Gasteiger partial charge in [0.2, 0.25) is 5.95 Å². The fourth-order valence-corrected chi connectivity index (χ4v) is 2.69. The molecule has 0 saturated heterocycles. The summed E-state index contributed by atoms with van der Waals surface area (Å²) in [6.07, 6.45) is 3.45. The predicted octanol–water partition coefficient (Wildman–Crippen LogP) is 4.04. The Kier molecular flexibility index (Phi) is 5.65. The van der Waals surface area contributed by atoms with Gasteiger partial charge in [0.05, 0.1) is 23.0 Å². The second-order valence-corrected chi connectivity index (χ2v) is 6.40. The van der Waals surface area contributed by atoms with E-state index in [9.17, 15) is 5.11 Å². The Hall–Kier alpha value is -2.70. The number of hydrogen-bond donors (Lipinski definition) is 3. The van der Waals surface area contributed by atoms with Gasteiger partial charge < -0.3 is 15.7 Å². The Labute approximate surface area is 157 Å². The minimum Gasteiger partial charge on any atom is -0.394 e. The molecule has 3 aromatic rings. The summed E-state index contributed by atoms with van der Waals surface area (Å²) in [6, 6.07) is 11.2. The van der Waals surface area contributed by atoms with Crippen molar-refractivity contribution in [1.29, 1.82) is 0 Å². The van der Waals surface area contributed by atoms with Gasteiger partial charge in [-0.2, -0.15) is 4.98 Å². The molecular formula is C19H20ClN5O. The molecule has 134 valence electrons. The van der Waals surface area contributed by atoms with Crippen LogP contribution in [0.1, 0.15) is 12.5 Å². The fraction of sp³-hybridized carbons (Fsp3) is 0.211. The largest absolute Gasteiger partial charge is 0.394 e. The van der Waals surface area contributed by atoms with Gasteiger partial charge in [-0.05, 0) is 37.6 Å². The third kappa shape index (κ3) is 4.28. The van der Waals surface area contributed by atoms with Crippen molar-refractivity contribution in [2.24, 2.45) is 0 Å². The predicted molar refractivity (Wildman–Crippen MR) is 105 cm³/mol. The number of aliphatic hydroxyl groups excluding tert-OH is 1. The van der Waals surface area contributed by atoms with E-state index in [2.05, 4.69) is 25.6 Å². The number of nitrogens with zero attached hydrogens (tertiary/aromatic N) is 3. The van der Waals surface area contributed by atoms with E-state index in [4.69, 9.17) is 11.6 Å². The molecule has 0 aliphatic rings. The summed E-state index contributed by atoms with van der Waals surface area (Å²) in [5, 5.41) is 16.3. The molecule has 3 rings (SSSR count). The van der Waals surface area contributed by atoms with Crippen LogP contribution in [0, 0.1) is 6.92 Å². The zero-order valence-electron chi connectivity index (χ0n) is 14.6. The van der Waals surface area contributed by atoms with E-state index in [0.29, 0.717) is 22.5 Å². The Morgan fingerprint density at radius 2 is 2.04 bits per heavy atom. The highest BCUT2D eigenvalue weighted by molar-refractivity contribution is 6.33. The van der Waals surface area contributed by atoms with Crippen molar-refractivity contribution >= 4 is 29.1 Å². The van der Waals surface area contributed by atoms with Crippen molar-refractivity contribution in [2.75, 3.05) is 17.2 Å². The van der Waals surface area contributed by atoms with E-state index in [0.717, 1.165) is 16.8 Å². The van der Waals surface area contributed by atoms with Crippen molar-refractivity contribution in [1.82, 2.24) is 15.0 Å². The molecule has 0 radical (unpaired) electrons. The van der Waals surface area contributed by atoms with Gasteiger partial charge in [0.1, 0.15) is 5.82 Å². The van der Waals surface area contributed by atoms with E-state index >= 15 is 0 Å². The molecule has 0 amide bonds. The number of anilines is 3. The molecule has 2 aromatic heterocycles. The lowest BCUT2D eigenvalue weighted by Gasteiger charge is -2.15. The number of aromatic nitrogens is 3. The smallest absolute Gasteiger partial charge is 0.225 e. The molecule has 7 heteroatoms. The van der Waals surface area contributed by atoms with E-state index in [1.807, 2.05) is 50.2 Å². The highest BCUT2D eigenvalue weighted by Gasteiger charge is 2.11. The molecule has 26 heavy (non-hydrogen) atoms. The second-order valence-electron chi connectivity index (χ2n) is 5.99. The number of halogens is 1. The van der Waals surface area contributed by atoms with Crippen LogP contribution in [0.4, 0.5) is 17.5 Å². The van der Waals surface area contributed by atoms with E-state index in [1.54, 1.807) is 12.4 Å². The Bertz CT molecular complexity index is 868. The Morgan fingerprint density at radius 1 is 1.19 bits per heavy atom. The van der Waals surface area contributed by atoms with Crippen molar-refractivity contribution in [2.45, 2.75) is 19.9 Å². The molecule has 0 bridgehead atoms. The fourth-order valence-electron chi connectivity index (χ4n) is 2.42. The summed E-state index contributed by atoms with van der Waals surface area (Å²) in [4.78, 5) is 13.2. The minimum absolute atomic E-state index is 0.0210. The third-order valence-corrected chi connectivity index (χ3v) is 4.12. The molecule has 0 fully saturated rings. The summed E-state index contributed by atoms with van der Waals surface area (Å²) in [5.41, 5.74) is 3.39. The van der Waals surface area contributed by atoms with E-state index in [-0.39, 0.29) is 12.6 Å². The van der Waals surface area contributed by atoms with Crippen LogP contribution in [0.25, 0.3) is 11.3 Å². The quantitative estimate of drug-likeness (QED) is 0.608. The summed E-state index contributed by atoms with van der Waals surface area (Å²) in [7, 11) is 0. The van der Waals surface area contributed by atoms with Crippen LogP contribution in [0.2, 0.25) is 5.02 Å². The maximum Gasteiger partial charge on any atom is 0.225 e. The number of para-hydroxylation sites is 1. The number of rotatable bonds is 6. The van der Waals surface area contributed by atoms with Crippen LogP contribution in [0.3, 0.4) is 0 Å². The van der Waals surface area contributed by atoms with Crippen LogP contribution in [-0.4, -0.2) is 32.7 Å². The first-order valence-corrected chi connectivity index (χ1v) is 8.63. The van der Waals surface area contributed by atoms with Crippen molar-refractivity contribution in [3.05, 3.63) is 59.4 Å². The topological polar surface area (TPSA) is 83.0 Å². The van der Waals surface area contributed by atoms with Gasteiger partial charge in [-0.3, -0.25) is 4.98 Å². The molecule has 0 aliphatic carbocycles. The number of hydrogen-bond acceptors (Lipinski definition) is 6. The first-order valence-electron chi connectivity index (χ1n) is 8.26. The Morgan fingerprint density at radius 3 is 2.73 bits per heavy atom. The molecule has 1 aromatic carbocycles. The average Bonchev–Trinajstić information content (AvgIpc) is 2.65. The highest BCUT2D eigenvalue weighted by atomic mass is 35.5. The van der Waals surface area contributed by atoms with Crippen molar-refractivity contribution < 1.29 is 5.11 Å². The van der Waals surface area contributed by atoms with Gasteiger partial charge in [-0.1, -0.05) is 23.7 Å². The van der Waals surface area contributed by atoms with Crippen LogP contribution in [0.15, 0.2) is 48.8 Å². The van der Waals surface area contributed by atoms with Gasteiger partial charge in [0.25, 0.3) is 0 Å². The summed E-state index contributed by atoms with van der Waals surface area (Å²) in [6.45, 7) is 3.81. The van der Waals surface area contributed by atoms with Gasteiger partial charge >= 0.3 is 0 Å². The minimum atomic E-state index is -0.172.